The van der Waals surface area contributed by atoms with Gasteiger partial charge >= 0.3 is 0 Å². The average Bonchev–Trinajstić information content (AvgIpc) is 2.49. The number of rotatable bonds is 3. The van der Waals surface area contributed by atoms with Crippen molar-refractivity contribution in [3.63, 3.8) is 0 Å². The van der Waals surface area contributed by atoms with Crippen LogP contribution >= 0.6 is 11.6 Å². The lowest BCUT2D eigenvalue weighted by molar-refractivity contribution is -1.03. The van der Waals surface area contributed by atoms with Gasteiger partial charge in [-0.1, -0.05) is 30.7 Å². The predicted octanol–water partition coefficient (Wildman–Crippen LogP) is 1.20. The number of piperazine rings is 1. The van der Waals surface area contributed by atoms with Crippen LogP contribution in [0.25, 0.3) is 0 Å². The summed E-state index contributed by atoms with van der Waals surface area (Å²) in [5.74, 6) is 0.968. The standard InChI is InChI=1S/C18H27ClN2/c1-15-5-7-18(8-6-15)21-11-9-20(10-12-21)14-16-3-2-4-17(19)13-16/h2-4,13,15,18H,5-12,14H2,1H3/p+2. The topological polar surface area (TPSA) is 8.88 Å². The van der Waals surface area contributed by atoms with Crippen LogP contribution in [0.5, 0.6) is 0 Å². The van der Waals surface area contributed by atoms with Crippen LogP contribution in [-0.2, 0) is 6.54 Å². The Hall–Kier alpha value is -0.570. The fourth-order valence-corrected chi connectivity index (χ4v) is 4.33. The molecule has 116 valence electrons. The van der Waals surface area contributed by atoms with E-state index in [0.717, 1.165) is 23.5 Å². The predicted molar refractivity (Wildman–Crippen MR) is 88.0 cm³/mol. The molecule has 1 aliphatic carbocycles. The summed E-state index contributed by atoms with van der Waals surface area (Å²) in [7, 11) is 0. The Morgan fingerprint density at radius 1 is 1.05 bits per heavy atom. The molecule has 1 aliphatic heterocycles. The van der Waals surface area contributed by atoms with Crippen molar-refractivity contribution in [1.82, 2.24) is 0 Å². The molecule has 1 aromatic rings. The maximum atomic E-state index is 6.09. The van der Waals surface area contributed by atoms with Gasteiger partial charge in [0.05, 0.1) is 6.04 Å². The number of nitrogens with one attached hydrogen (secondary N) is 2. The van der Waals surface area contributed by atoms with Crippen LogP contribution in [0, 0.1) is 5.92 Å². The van der Waals surface area contributed by atoms with Gasteiger partial charge < -0.3 is 9.80 Å². The van der Waals surface area contributed by atoms with E-state index in [0.29, 0.717) is 0 Å². The van der Waals surface area contributed by atoms with Gasteiger partial charge in [0.1, 0.15) is 32.7 Å². The van der Waals surface area contributed by atoms with Crippen LogP contribution < -0.4 is 9.80 Å². The van der Waals surface area contributed by atoms with Crippen molar-refractivity contribution >= 4 is 11.6 Å². The largest absolute Gasteiger partial charge is 0.323 e. The van der Waals surface area contributed by atoms with Gasteiger partial charge in [0.2, 0.25) is 0 Å². The number of hydrogen-bond acceptors (Lipinski definition) is 0. The van der Waals surface area contributed by atoms with E-state index in [1.54, 1.807) is 4.90 Å². The van der Waals surface area contributed by atoms with E-state index in [1.807, 2.05) is 11.0 Å². The zero-order valence-corrected chi connectivity index (χ0v) is 14.0. The number of quaternary nitrogens is 2. The normalized spacial score (nSPS) is 33.8. The molecule has 0 atom stereocenters. The molecule has 1 saturated heterocycles. The molecule has 0 aromatic heterocycles. The summed E-state index contributed by atoms with van der Waals surface area (Å²) in [5.41, 5.74) is 1.38. The minimum Gasteiger partial charge on any atom is -0.323 e. The highest BCUT2D eigenvalue weighted by Gasteiger charge is 2.31. The van der Waals surface area contributed by atoms with Gasteiger partial charge in [-0.05, 0) is 43.7 Å². The van der Waals surface area contributed by atoms with Gasteiger partial charge in [-0.2, -0.15) is 0 Å². The maximum Gasteiger partial charge on any atom is 0.127 e. The summed E-state index contributed by atoms with van der Waals surface area (Å²) in [5, 5.41) is 0.868. The number of hydrogen-bond donors (Lipinski definition) is 2. The fraction of sp³-hybridized carbons (Fsp3) is 0.667. The molecule has 0 bridgehead atoms. The molecule has 0 unspecified atom stereocenters. The molecule has 2 fully saturated rings. The second-order valence-electron chi connectivity index (χ2n) is 7.17. The zero-order chi connectivity index (χ0) is 14.7. The molecule has 3 rings (SSSR count). The van der Waals surface area contributed by atoms with Crippen LogP contribution in [-0.4, -0.2) is 32.2 Å². The summed E-state index contributed by atoms with van der Waals surface area (Å²) < 4.78 is 0. The minimum atomic E-state index is 0.868. The van der Waals surface area contributed by atoms with Crippen molar-refractivity contribution in [1.29, 1.82) is 0 Å². The number of halogens is 1. The van der Waals surface area contributed by atoms with Crippen molar-refractivity contribution in [2.45, 2.75) is 45.2 Å². The first-order valence-corrected chi connectivity index (χ1v) is 9.01. The molecular weight excluding hydrogens is 280 g/mol. The first kappa shape index (κ1) is 15.3. The van der Waals surface area contributed by atoms with Crippen LogP contribution in [0.3, 0.4) is 0 Å². The lowest BCUT2D eigenvalue weighted by atomic mass is 9.86. The Kier molecular flexibility index (Phi) is 5.20. The lowest BCUT2D eigenvalue weighted by Crippen LogP contribution is -3.29. The van der Waals surface area contributed by atoms with Gasteiger partial charge in [-0.15, -0.1) is 0 Å². The Morgan fingerprint density at radius 2 is 1.76 bits per heavy atom. The summed E-state index contributed by atoms with van der Waals surface area (Å²) >= 11 is 6.09. The third-order valence-electron chi connectivity index (χ3n) is 5.54. The molecule has 21 heavy (non-hydrogen) atoms. The van der Waals surface area contributed by atoms with Gasteiger partial charge in [0.25, 0.3) is 0 Å². The average molecular weight is 309 g/mol. The SMILES string of the molecule is CC1CCC([NH+]2CC[NH+](Cc3cccc(Cl)c3)CC2)CC1. The molecule has 3 heteroatoms. The van der Waals surface area contributed by atoms with Crippen molar-refractivity contribution in [2.75, 3.05) is 26.2 Å². The van der Waals surface area contributed by atoms with E-state index in [4.69, 9.17) is 11.6 Å². The molecular formula is C18H29ClN2+2. The van der Waals surface area contributed by atoms with E-state index >= 15 is 0 Å². The third-order valence-corrected chi connectivity index (χ3v) is 5.77. The molecule has 0 spiro atoms. The molecule has 0 amide bonds. The highest BCUT2D eigenvalue weighted by atomic mass is 35.5. The van der Waals surface area contributed by atoms with Crippen LogP contribution in [0.1, 0.15) is 38.2 Å². The monoisotopic (exact) mass is 308 g/mol. The highest BCUT2D eigenvalue weighted by Crippen LogP contribution is 2.21. The Bertz CT molecular complexity index is 446. The Balaban J connectivity index is 1.47. The Labute approximate surface area is 134 Å². The van der Waals surface area contributed by atoms with E-state index < -0.39 is 0 Å². The molecule has 2 N–H and O–H groups in total. The summed E-state index contributed by atoms with van der Waals surface area (Å²) in [6, 6.07) is 9.32. The lowest BCUT2D eigenvalue weighted by Gasteiger charge is -2.37. The van der Waals surface area contributed by atoms with E-state index in [1.165, 1.54) is 57.4 Å². The molecule has 2 nitrogen and oxygen atoms in total. The van der Waals surface area contributed by atoms with Gasteiger partial charge in [0, 0.05) is 10.6 Å². The molecule has 2 aliphatic rings. The number of benzene rings is 1. The first-order valence-electron chi connectivity index (χ1n) is 8.63. The van der Waals surface area contributed by atoms with Crippen LogP contribution in [0.15, 0.2) is 24.3 Å². The second kappa shape index (κ2) is 7.13. The van der Waals surface area contributed by atoms with Crippen molar-refractivity contribution in [3.8, 4) is 0 Å². The van der Waals surface area contributed by atoms with Gasteiger partial charge in [0.15, 0.2) is 0 Å². The van der Waals surface area contributed by atoms with Crippen molar-refractivity contribution in [2.24, 2.45) is 5.92 Å². The third kappa shape index (κ3) is 4.21. The van der Waals surface area contributed by atoms with Crippen molar-refractivity contribution < 1.29 is 9.80 Å². The second-order valence-corrected chi connectivity index (χ2v) is 7.61. The van der Waals surface area contributed by atoms with Gasteiger partial charge in [-0.25, -0.2) is 0 Å². The summed E-state index contributed by atoms with van der Waals surface area (Å²) in [4.78, 5) is 3.61. The van der Waals surface area contributed by atoms with Crippen molar-refractivity contribution in [3.05, 3.63) is 34.9 Å². The van der Waals surface area contributed by atoms with E-state index in [-0.39, 0.29) is 0 Å². The van der Waals surface area contributed by atoms with Crippen LogP contribution in [0.4, 0.5) is 0 Å². The smallest absolute Gasteiger partial charge is 0.127 e. The van der Waals surface area contributed by atoms with E-state index in [2.05, 4.69) is 25.1 Å². The van der Waals surface area contributed by atoms with Gasteiger partial charge in [-0.3, -0.25) is 0 Å². The summed E-state index contributed by atoms with van der Waals surface area (Å²) in [6.45, 7) is 8.89. The molecule has 1 heterocycles. The zero-order valence-electron chi connectivity index (χ0n) is 13.2. The molecule has 1 aromatic carbocycles. The van der Waals surface area contributed by atoms with E-state index in [9.17, 15) is 0 Å². The first-order chi connectivity index (χ1) is 10.2. The molecule has 0 radical (unpaired) electrons. The Morgan fingerprint density at radius 3 is 2.43 bits per heavy atom. The fourth-order valence-electron chi connectivity index (χ4n) is 4.11. The highest BCUT2D eigenvalue weighted by molar-refractivity contribution is 6.30. The quantitative estimate of drug-likeness (QED) is 0.830. The minimum absolute atomic E-state index is 0.868. The molecule has 1 saturated carbocycles. The maximum absolute atomic E-state index is 6.09. The van der Waals surface area contributed by atoms with Crippen LogP contribution in [0.2, 0.25) is 5.02 Å². The summed E-state index contributed by atoms with van der Waals surface area (Å²) in [6.07, 6.45) is 5.82.